The summed E-state index contributed by atoms with van der Waals surface area (Å²) in [5, 5.41) is 12.4. The minimum absolute atomic E-state index is 0.275. The van der Waals surface area contributed by atoms with Crippen molar-refractivity contribution in [2.24, 2.45) is 12.8 Å². The fraction of sp³-hybridized carbons (Fsp3) is 0.375. The monoisotopic (exact) mass is 225 g/mol. The van der Waals surface area contributed by atoms with Crippen LogP contribution in [0.25, 0.3) is 0 Å². The van der Waals surface area contributed by atoms with Crippen LogP contribution in [0.3, 0.4) is 0 Å². The van der Waals surface area contributed by atoms with Gasteiger partial charge in [0.1, 0.15) is 0 Å². The number of aryl methyl sites for hydroxylation is 1. The van der Waals surface area contributed by atoms with Crippen molar-refractivity contribution in [3.63, 3.8) is 0 Å². The van der Waals surface area contributed by atoms with E-state index in [1.54, 1.807) is 4.68 Å². The molecule has 2 heterocycles. The lowest BCUT2D eigenvalue weighted by Crippen LogP contribution is -1.95. The lowest BCUT2D eigenvalue weighted by atomic mass is 10.5. The molecule has 7 heteroatoms. The number of aromatic nitrogens is 4. The van der Waals surface area contributed by atoms with Gasteiger partial charge in [0.05, 0.1) is 12.2 Å². The Balaban J connectivity index is 1.93. The van der Waals surface area contributed by atoms with Crippen molar-refractivity contribution in [2.75, 3.05) is 0 Å². The molecule has 80 valence electrons. The van der Waals surface area contributed by atoms with Gasteiger partial charge in [-0.25, -0.2) is 0 Å². The maximum atomic E-state index is 5.35. The minimum atomic E-state index is 0.275. The van der Waals surface area contributed by atoms with E-state index in [1.165, 1.54) is 11.8 Å². The zero-order valence-electron chi connectivity index (χ0n) is 8.25. The van der Waals surface area contributed by atoms with Gasteiger partial charge < -0.3 is 10.2 Å². The van der Waals surface area contributed by atoms with Crippen LogP contribution < -0.4 is 5.73 Å². The van der Waals surface area contributed by atoms with Gasteiger partial charge in [0.2, 0.25) is 5.89 Å². The summed E-state index contributed by atoms with van der Waals surface area (Å²) in [6, 6.07) is 1.95. The predicted octanol–water partition coefficient (Wildman–Crippen LogP) is 0.554. The Morgan fingerprint density at radius 3 is 3.00 bits per heavy atom. The summed E-state index contributed by atoms with van der Waals surface area (Å²) < 4.78 is 7.00. The molecule has 0 amide bonds. The zero-order valence-corrected chi connectivity index (χ0v) is 9.07. The summed E-state index contributed by atoms with van der Waals surface area (Å²) >= 11 is 1.45. The third kappa shape index (κ3) is 2.57. The Bertz CT molecular complexity index is 438. The zero-order chi connectivity index (χ0) is 10.7. The molecule has 2 aromatic rings. The molecule has 0 atom stereocenters. The largest absolute Gasteiger partial charge is 0.415 e. The Labute approximate surface area is 90.9 Å². The fourth-order valence-electron chi connectivity index (χ4n) is 1.05. The molecule has 0 fully saturated rings. The summed E-state index contributed by atoms with van der Waals surface area (Å²) in [5.74, 6) is 1.17. The molecule has 0 radical (unpaired) electrons. The summed E-state index contributed by atoms with van der Waals surface area (Å²) in [4.78, 5) is 0. The van der Waals surface area contributed by atoms with E-state index in [0.29, 0.717) is 16.9 Å². The van der Waals surface area contributed by atoms with Crippen LogP contribution in [0.15, 0.2) is 21.9 Å². The highest BCUT2D eigenvalue weighted by Gasteiger charge is 2.06. The average Bonchev–Trinajstić information content (AvgIpc) is 2.83. The molecule has 0 aromatic carbocycles. The molecule has 2 rings (SSSR count). The van der Waals surface area contributed by atoms with Crippen LogP contribution in [0.2, 0.25) is 0 Å². The van der Waals surface area contributed by atoms with Crippen LogP contribution in [0.1, 0.15) is 11.6 Å². The van der Waals surface area contributed by atoms with Crippen LogP contribution in [-0.4, -0.2) is 20.0 Å². The van der Waals surface area contributed by atoms with Crippen LogP contribution in [0.5, 0.6) is 0 Å². The van der Waals surface area contributed by atoms with Crippen molar-refractivity contribution < 1.29 is 4.42 Å². The Kier molecular flexibility index (Phi) is 3.02. The number of nitrogens with zero attached hydrogens (tertiary/aromatic N) is 4. The Morgan fingerprint density at radius 1 is 1.53 bits per heavy atom. The number of rotatable bonds is 4. The molecule has 2 aromatic heterocycles. The number of nitrogens with two attached hydrogens (primary N) is 1. The van der Waals surface area contributed by atoms with Gasteiger partial charge in [-0.2, -0.15) is 5.10 Å². The van der Waals surface area contributed by atoms with E-state index in [9.17, 15) is 0 Å². The highest BCUT2D eigenvalue weighted by atomic mass is 32.2. The number of hydrogen-bond donors (Lipinski definition) is 1. The van der Waals surface area contributed by atoms with Crippen molar-refractivity contribution in [3.05, 3.63) is 23.8 Å². The number of thioether (sulfide) groups is 1. The molecule has 0 spiro atoms. The van der Waals surface area contributed by atoms with E-state index in [2.05, 4.69) is 15.3 Å². The molecular weight excluding hydrogens is 214 g/mol. The lowest BCUT2D eigenvalue weighted by Gasteiger charge is -1.91. The molecule has 0 aliphatic rings. The first-order valence-corrected chi connectivity index (χ1v) is 5.40. The fourth-order valence-corrected chi connectivity index (χ4v) is 1.73. The van der Waals surface area contributed by atoms with Crippen molar-refractivity contribution in [2.45, 2.75) is 17.5 Å². The number of hydrogen-bond acceptors (Lipinski definition) is 6. The molecular formula is C8H11N5OS. The molecule has 0 unspecified atom stereocenters. The summed E-state index contributed by atoms with van der Waals surface area (Å²) in [6.45, 7) is 0.275. The summed E-state index contributed by atoms with van der Waals surface area (Å²) in [7, 11) is 1.88. The van der Waals surface area contributed by atoms with Gasteiger partial charge in [-0.1, -0.05) is 11.8 Å². The first-order valence-electron chi connectivity index (χ1n) is 4.41. The SMILES string of the molecule is Cn1ccc(CSc2nnc(CN)o2)n1. The summed E-state index contributed by atoms with van der Waals surface area (Å²) in [5.41, 5.74) is 6.33. The minimum Gasteiger partial charge on any atom is -0.415 e. The molecule has 0 aliphatic heterocycles. The molecule has 15 heavy (non-hydrogen) atoms. The third-order valence-corrected chi connectivity index (χ3v) is 2.59. The highest BCUT2D eigenvalue weighted by molar-refractivity contribution is 7.98. The van der Waals surface area contributed by atoms with Crippen molar-refractivity contribution >= 4 is 11.8 Å². The van der Waals surface area contributed by atoms with Crippen LogP contribution in [0, 0.1) is 0 Å². The van der Waals surface area contributed by atoms with E-state index in [1.807, 2.05) is 19.3 Å². The summed E-state index contributed by atoms with van der Waals surface area (Å²) in [6.07, 6.45) is 1.90. The molecule has 6 nitrogen and oxygen atoms in total. The quantitative estimate of drug-likeness (QED) is 0.765. The van der Waals surface area contributed by atoms with Gasteiger partial charge >= 0.3 is 0 Å². The molecule has 0 saturated carbocycles. The maximum Gasteiger partial charge on any atom is 0.277 e. The van der Waals surface area contributed by atoms with E-state index >= 15 is 0 Å². The van der Waals surface area contributed by atoms with E-state index in [0.717, 1.165) is 5.69 Å². The molecule has 2 N–H and O–H groups in total. The van der Waals surface area contributed by atoms with Gasteiger partial charge in [-0.15, -0.1) is 10.2 Å². The van der Waals surface area contributed by atoms with E-state index < -0.39 is 0 Å². The second-order valence-corrected chi connectivity index (χ2v) is 3.86. The predicted molar refractivity (Wildman–Crippen MR) is 55.0 cm³/mol. The van der Waals surface area contributed by atoms with Crippen molar-refractivity contribution in [3.8, 4) is 0 Å². The first-order chi connectivity index (χ1) is 7.28. The van der Waals surface area contributed by atoms with Crippen molar-refractivity contribution in [1.29, 1.82) is 0 Å². The molecule has 0 aliphatic carbocycles. The van der Waals surface area contributed by atoms with E-state index in [4.69, 9.17) is 10.2 Å². The Hall–Kier alpha value is -1.34. The van der Waals surface area contributed by atoms with Gasteiger partial charge in [-0.3, -0.25) is 4.68 Å². The van der Waals surface area contributed by atoms with Gasteiger partial charge in [-0.05, 0) is 6.07 Å². The van der Waals surface area contributed by atoms with Crippen molar-refractivity contribution in [1.82, 2.24) is 20.0 Å². The second kappa shape index (κ2) is 4.45. The Morgan fingerprint density at radius 2 is 2.40 bits per heavy atom. The third-order valence-electron chi connectivity index (χ3n) is 1.74. The molecule has 0 bridgehead atoms. The average molecular weight is 225 g/mol. The standard InChI is InChI=1S/C8H11N5OS/c1-13-3-2-6(12-13)5-15-8-11-10-7(4-9)14-8/h2-3H,4-5,9H2,1H3. The van der Waals surface area contributed by atoms with Gasteiger partial charge in [0.15, 0.2) is 0 Å². The second-order valence-electron chi connectivity index (χ2n) is 2.94. The normalized spacial score (nSPS) is 10.8. The molecule has 0 saturated heterocycles. The van der Waals surface area contributed by atoms with Gasteiger partial charge in [0, 0.05) is 19.0 Å². The van der Waals surface area contributed by atoms with E-state index in [-0.39, 0.29) is 6.54 Å². The highest BCUT2D eigenvalue weighted by Crippen LogP contribution is 2.19. The van der Waals surface area contributed by atoms with Crippen LogP contribution in [-0.2, 0) is 19.3 Å². The topological polar surface area (TPSA) is 82.8 Å². The smallest absolute Gasteiger partial charge is 0.277 e. The maximum absolute atomic E-state index is 5.35. The first kappa shape index (κ1) is 10.2. The van der Waals surface area contributed by atoms with Gasteiger partial charge in [0.25, 0.3) is 5.22 Å². The van der Waals surface area contributed by atoms with Crippen LogP contribution >= 0.6 is 11.8 Å². The van der Waals surface area contributed by atoms with Crippen LogP contribution in [0.4, 0.5) is 0 Å². The lowest BCUT2D eigenvalue weighted by molar-refractivity contribution is 0.414.